The van der Waals surface area contributed by atoms with Crippen molar-refractivity contribution in [1.82, 2.24) is 0 Å². The number of thiocarbonyl (C=S) groups is 1. The lowest BCUT2D eigenvalue weighted by atomic mass is 9.94. The molecule has 0 amide bonds. The van der Waals surface area contributed by atoms with Crippen LogP contribution in [-0.2, 0) is 0 Å². The molecule has 0 saturated heterocycles. The van der Waals surface area contributed by atoms with Gasteiger partial charge in [0.15, 0.2) is 0 Å². The summed E-state index contributed by atoms with van der Waals surface area (Å²) >= 11 is 5.05. The topological polar surface area (TPSA) is 38.5 Å². The summed E-state index contributed by atoms with van der Waals surface area (Å²) in [7, 11) is 0. The third-order valence-corrected chi connectivity index (χ3v) is 3.78. The van der Waals surface area contributed by atoms with Crippen molar-refractivity contribution in [2.45, 2.75) is 32.3 Å². The normalized spacial score (nSPS) is 16.9. The molecule has 0 aromatic heterocycles. The van der Waals surface area contributed by atoms with Crippen LogP contribution in [0.1, 0.15) is 26.7 Å². The van der Waals surface area contributed by atoms with E-state index in [2.05, 4.69) is 24.8 Å². The summed E-state index contributed by atoms with van der Waals surface area (Å²) in [5.41, 5.74) is 6.66. The van der Waals surface area contributed by atoms with Crippen molar-refractivity contribution in [2.75, 3.05) is 18.0 Å². The van der Waals surface area contributed by atoms with Crippen LogP contribution < -0.4 is 15.4 Å². The molecule has 2 rings (SSSR count). The van der Waals surface area contributed by atoms with Crippen LogP contribution in [-0.4, -0.2) is 23.7 Å². The maximum Gasteiger partial charge on any atom is 0.143 e. The van der Waals surface area contributed by atoms with Gasteiger partial charge in [0.05, 0.1) is 23.8 Å². The highest BCUT2D eigenvalue weighted by atomic mass is 32.1. The molecular formula is C14H20N2OS. The van der Waals surface area contributed by atoms with Crippen LogP contribution in [0, 0.1) is 0 Å². The van der Waals surface area contributed by atoms with E-state index in [4.69, 9.17) is 22.7 Å². The number of ether oxygens (including phenoxy) is 1. The summed E-state index contributed by atoms with van der Waals surface area (Å²) in [5, 5.41) is 0. The number of fused-ring (bicyclic) bond motifs is 1. The van der Waals surface area contributed by atoms with Crippen molar-refractivity contribution in [2.24, 2.45) is 5.73 Å². The summed E-state index contributed by atoms with van der Waals surface area (Å²) in [4.78, 5) is 2.75. The van der Waals surface area contributed by atoms with Crippen molar-refractivity contribution in [1.29, 1.82) is 0 Å². The van der Waals surface area contributed by atoms with Crippen LogP contribution in [0.5, 0.6) is 5.75 Å². The second-order valence-electron chi connectivity index (χ2n) is 4.78. The van der Waals surface area contributed by atoms with E-state index >= 15 is 0 Å². The van der Waals surface area contributed by atoms with Gasteiger partial charge in [-0.2, -0.15) is 0 Å². The molecule has 1 aliphatic rings. The average molecular weight is 264 g/mol. The number of anilines is 1. The lowest BCUT2D eigenvalue weighted by molar-refractivity contribution is 0.0585. The van der Waals surface area contributed by atoms with Crippen molar-refractivity contribution in [3.05, 3.63) is 24.3 Å². The number of hydrogen-bond donors (Lipinski definition) is 1. The molecule has 0 aliphatic carbocycles. The van der Waals surface area contributed by atoms with E-state index in [0.717, 1.165) is 30.8 Å². The second-order valence-corrected chi connectivity index (χ2v) is 5.31. The largest absolute Gasteiger partial charge is 0.483 e. The fourth-order valence-corrected chi connectivity index (χ4v) is 2.61. The molecule has 0 unspecified atom stereocenters. The molecule has 18 heavy (non-hydrogen) atoms. The number of nitrogens with two attached hydrogens (primary N) is 1. The van der Waals surface area contributed by atoms with Gasteiger partial charge in [-0.05, 0) is 25.0 Å². The van der Waals surface area contributed by atoms with Gasteiger partial charge in [-0.15, -0.1) is 0 Å². The maximum absolute atomic E-state index is 6.20. The fraction of sp³-hybridized carbons (Fsp3) is 0.500. The first-order chi connectivity index (χ1) is 8.60. The van der Waals surface area contributed by atoms with E-state index in [9.17, 15) is 0 Å². The smallest absolute Gasteiger partial charge is 0.143 e. The molecule has 0 radical (unpaired) electrons. The third-order valence-electron chi connectivity index (χ3n) is 3.65. The summed E-state index contributed by atoms with van der Waals surface area (Å²) in [6, 6.07) is 8.09. The second kappa shape index (κ2) is 5.14. The minimum absolute atomic E-state index is 0.126. The lowest BCUT2D eigenvalue weighted by Gasteiger charge is -2.44. The van der Waals surface area contributed by atoms with E-state index in [1.54, 1.807) is 0 Å². The van der Waals surface area contributed by atoms with Crippen LogP contribution in [0.15, 0.2) is 24.3 Å². The van der Waals surface area contributed by atoms with E-state index in [0.29, 0.717) is 11.5 Å². The van der Waals surface area contributed by atoms with Gasteiger partial charge < -0.3 is 15.4 Å². The zero-order valence-electron chi connectivity index (χ0n) is 11.0. The van der Waals surface area contributed by atoms with Gasteiger partial charge in [-0.1, -0.05) is 38.2 Å². The first kappa shape index (κ1) is 13.1. The Morgan fingerprint density at radius 3 is 2.67 bits per heavy atom. The zero-order valence-corrected chi connectivity index (χ0v) is 11.8. The predicted molar refractivity (Wildman–Crippen MR) is 79.4 cm³/mol. The van der Waals surface area contributed by atoms with Gasteiger partial charge in [0, 0.05) is 0 Å². The Labute approximate surface area is 114 Å². The Bertz CT molecular complexity index is 443. The van der Waals surface area contributed by atoms with Gasteiger partial charge in [-0.25, -0.2) is 0 Å². The monoisotopic (exact) mass is 264 g/mol. The lowest BCUT2D eigenvalue weighted by Crippen LogP contribution is -2.52. The standard InChI is InChI=1S/C14H20N2OS/c1-3-14(4-2)10-16(9-13(15)18)11-7-5-6-8-12(11)17-14/h5-8H,3-4,9-10H2,1-2H3,(H2,15,18). The summed E-state index contributed by atoms with van der Waals surface area (Å²) in [6.07, 6.45) is 1.96. The van der Waals surface area contributed by atoms with Crippen LogP contribution in [0.2, 0.25) is 0 Å². The van der Waals surface area contributed by atoms with Crippen molar-refractivity contribution >= 4 is 22.9 Å². The first-order valence-corrected chi connectivity index (χ1v) is 6.82. The molecule has 1 heterocycles. The molecule has 0 bridgehead atoms. The highest BCUT2D eigenvalue weighted by Crippen LogP contribution is 2.39. The predicted octanol–water partition coefficient (Wildman–Crippen LogP) is 2.73. The van der Waals surface area contributed by atoms with E-state index < -0.39 is 0 Å². The average Bonchev–Trinajstić information content (AvgIpc) is 2.38. The van der Waals surface area contributed by atoms with Gasteiger partial charge in [0.2, 0.25) is 0 Å². The Hall–Kier alpha value is -1.29. The van der Waals surface area contributed by atoms with Gasteiger partial charge in [0.25, 0.3) is 0 Å². The number of rotatable bonds is 4. The molecule has 0 atom stereocenters. The van der Waals surface area contributed by atoms with Crippen molar-refractivity contribution in [3.8, 4) is 5.75 Å². The molecule has 98 valence electrons. The van der Waals surface area contributed by atoms with Crippen molar-refractivity contribution < 1.29 is 4.74 Å². The number of para-hydroxylation sites is 2. The number of hydrogen-bond acceptors (Lipinski definition) is 3. The minimum Gasteiger partial charge on any atom is -0.483 e. The summed E-state index contributed by atoms with van der Waals surface area (Å²) < 4.78 is 6.20. The molecular weight excluding hydrogens is 244 g/mol. The zero-order chi connectivity index (χ0) is 13.2. The number of benzene rings is 1. The molecule has 3 nitrogen and oxygen atoms in total. The molecule has 1 aromatic carbocycles. The van der Waals surface area contributed by atoms with Crippen LogP contribution in [0.25, 0.3) is 0 Å². The molecule has 4 heteroatoms. The molecule has 0 fully saturated rings. The Balaban J connectivity index is 2.37. The molecule has 1 aromatic rings. The third kappa shape index (κ3) is 2.43. The summed E-state index contributed by atoms with van der Waals surface area (Å²) in [5.74, 6) is 0.934. The van der Waals surface area contributed by atoms with E-state index in [-0.39, 0.29) is 5.60 Å². The highest BCUT2D eigenvalue weighted by Gasteiger charge is 2.36. The molecule has 1 aliphatic heterocycles. The Morgan fingerprint density at radius 1 is 1.39 bits per heavy atom. The van der Waals surface area contributed by atoms with E-state index in [1.807, 2.05) is 18.2 Å². The van der Waals surface area contributed by atoms with Crippen molar-refractivity contribution in [3.63, 3.8) is 0 Å². The Morgan fingerprint density at radius 2 is 2.06 bits per heavy atom. The van der Waals surface area contributed by atoms with Crippen LogP contribution in [0.3, 0.4) is 0 Å². The summed E-state index contributed by atoms with van der Waals surface area (Å²) in [6.45, 7) is 5.78. The minimum atomic E-state index is -0.126. The van der Waals surface area contributed by atoms with Gasteiger partial charge >= 0.3 is 0 Å². The molecule has 0 spiro atoms. The Kier molecular flexibility index (Phi) is 3.76. The fourth-order valence-electron chi connectivity index (χ4n) is 2.45. The van der Waals surface area contributed by atoms with Gasteiger partial charge in [-0.3, -0.25) is 0 Å². The highest BCUT2D eigenvalue weighted by molar-refractivity contribution is 7.80. The van der Waals surface area contributed by atoms with Gasteiger partial charge in [0.1, 0.15) is 11.4 Å². The first-order valence-electron chi connectivity index (χ1n) is 6.41. The quantitative estimate of drug-likeness (QED) is 0.849. The molecule has 2 N–H and O–H groups in total. The maximum atomic E-state index is 6.20. The van der Waals surface area contributed by atoms with E-state index in [1.165, 1.54) is 0 Å². The molecule has 0 saturated carbocycles. The SMILES string of the molecule is CCC1(CC)CN(CC(N)=S)c2ccccc2O1. The van der Waals surface area contributed by atoms with Crippen LogP contribution in [0.4, 0.5) is 5.69 Å². The number of nitrogens with zero attached hydrogens (tertiary/aromatic N) is 1. The van der Waals surface area contributed by atoms with Crippen LogP contribution >= 0.6 is 12.2 Å².